The zero-order valence-corrected chi connectivity index (χ0v) is 5.61. The highest BCUT2D eigenvalue weighted by Crippen LogP contribution is 1.87. The fourth-order valence-electron chi connectivity index (χ4n) is 0.535. The Morgan fingerprint density at radius 1 is 1.89 bits per heavy atom. The molecule has 0 aliphatic rings. The van der Waals surface area contributed by atoms with Gasteiger partial charge in [0.15, 0.2) is 0 Å². The Morgan fingerprint density at radius 2 is 2.78 bits per heavy atom. The van der Waals surface area contributed by atoms with E-state index in [0.717, 1.165) is 12.2 Å². The van der Waals surface area contributed by atoms with Crippen LogP contribution in [0.2, 0.25) is 0 Å². The first kappa shape index (κ1) is 6.22. The molecule has 0 atom stereocenters. The van der Waals surface area contributed by atoms with E-state index in [4.69, 9.17) is 0 Å². The number of thiocarbonyl (C=S) groups is 1. The van der Waals surface area contributed by atoms with Crippen molar-refractivity contribution >= 4 is 17.7 Å². The standard InChI is InChI=1S/C5H7N3S/c9-4-6-3-5-1-2-7-8-5/h1-2,4H,3H2,(H,6,9)(H,7,8). The summed E-state index contributed by atoms with van der Waals surface area (Å²) in [5, 5.41) is 9.42. The van der Waals surface area contributed by atoms with E-state index in [1.807, 2.05) is 6.07 Å². The average molecular weight is 141 g/mol. The Labute approximate surface area is 58.5 Å². The SMILES string of the molecule is S=CNCc1ccn[nH]1. The quantitative estimate of drug-likeness (QED) is 0.601. The summed E-state index contributed by atoms with van der Waals surface area (Å²) in [6.07, 6.45) is 1.71. The number of hydrogen-bond donors (Lipinski definition) is 2. The van der Waals surface area contributed by atoms with Crippen LogP contribution in [0.3, 0.4) is 0 Å². The van der Waals surface area contributed by atoms with Crippen molar-refractivity contribution in [3.8, 4) is 0 Å². The van der Waals surface area contributed by atoms with Crippen molar-refractivity contribution in [2.75, 3.05) is 0 Å². The molecule has 0 saturated carbocycles. The molecule has 0 spiro atoms. The van der Waals surface area contributed by atoms with Crippen molar-refractivity contribution in [2.45, 2.75) is 6.54 Å². The molecule has 3 nitrogen and oxygen atoms in total. The third-order valence-electron chi connectivity index (χ3n) is 0.934. The highest BCUT2D eigenvalue weighted by molar-refractivity contribution is 7.78. The van der Waals surface area contributed by atoms with E-state index >= 15 is 0 Å². The molecular weight excluding hydrogens is 134 g/mol. The van der Waals surface area contributed by atoms with Crippen LogP contribution in [0.4, 0.5) is 0 Å². The lowest BCUT2D eigenvalue weighted by molar-refractivity contribution is 0.877. The number of rotatable bonds is 3. The summed E-state index contributed by atoms with van der Waals surface area (Å²) < 4.78 is 0. The lowest BCUT2D eigenvalue weighted by Gasteiger charge is -1.92. The number of nitrogens with zero attached hydrogens (tertiary/aromatic N) is 1. The molecule has 9 heavy (non-hydrogen) atoms. The topological polar surface area (TPSA) is 40.7 Å². The minimum absolute atomic E-state index is 0.726. The van der Waals surface area contributed by atoms with Crippen molar-refractivity contribution in [2.24, 2.45) is 0 Å². The Kier molecular flexibility index (Phi) is 2.21. The molecule has 0 radical (unpaired) electrons. The maximum atomic E-state index is 4.55. The van der Waals surface area contributed by atoms with Gasteiger partial charge in [-0.2, -0.15) is 5.10 Å². The fraction of sp³-hybridized carbons (Fsp3) is 0.200. The number of aromatic nitrogens is 2. The predicted octanol–water partition coefficient (Wildman–Crippen LogP) is 0.457. The molecule has 1 rings (SSSR count). The molecule has 48 valence electrons. The maximum absolute atomic E-state index is 4.55. The van der Waals surface area contributed by atoms with Gasteiger partial charge in [0, 0.05) is 6.20 Å². The van der Waals surface area contributed by atoms with Crippen LogP contribution in [-0.4, -0.2) is 15.7 Å². The zero-order valence-electron chi connectivity index (χ0n) is 4.79. The van der Waals surface area contributed by atoms with Crippen molar-refractivity contribution in [3.05, 3.63) is 18.0 Å². The molecule has 0 bridgehead atoms. The summed E-state index contributed by atoms with van der Waals surface area (Å²) >= 11 is 4.55. The first-order valence-corrected chi connectivity index (χ1v) is 3.06. The molecule has 0 aliphatic carbocycles. The molecule has 1 aromatic heterocycles. The van der Waals surface area contributed by atoms with Gasteiger partial charge in [-0.05, 0) is 6.07 Å². The van der Waals surface area contributed by atoms with E-state index in [0.29, 0.717) is 0 Å². The summed E-state index contributed by atoms with van der Waals surface area (Å²) in [5.74, 6) is 0. The minimum Gasteiger partial charge on any atom is -0.377 e. The van der Waals surface area contributed by atoms with Crippen molar-refractivity contribution in [3.63, 3.8) is 0 Å². The van der Waals surface area contributed by atoms with E-state index < -0.39 is 0 Å². The molecule has 2 N–H and O–H groups in total. The number of hydrogen-bond acceptors (Lipinski definition) is 2. The molecule has 1 heterocycles. The zero-order chi connectivity index (χ0) is 6.53. The normalized spacial score (nSPS) is 8.89. The fourth-order valence-corrected chi connectivity index (χ4v) is 0.618. The lowest BCUT2D eigenvalue weighted by atomic mass is 10.4. The van der Waals surface area contributed by atoms with Gasteiger partial charge in [-0.1, -0.05) is 12.2 Å². The van der Waals surface area contributed by atoms with E-state index in [9.17, 15) is 0 Å². The Bertz CT molecular complexity index is 170. The maximum Gasteiger partial charge on any atom is 0.0618 e. The summed E-state index contributed by atoms with van der Waals surface area (Å²) in [5.41, 5.74) is 2.53. The van der Waals surface area contributed by atoms with E-state index in [1.165, 1.54) is 5.49 Å². The second-order valence-electron chi connectivity index (χ2n) is 1.58. The second kappa shape index (κ2) is 3.19. The van der Waals surface area contributed by atoms with Gasteiger partial charge in [-0.15, -0.1) is 0 Å². The molecule has 1 aromatic rings. The monoisotopic (exact) mass is 141 g/mol. The first-order chi connectivity index (χ1) is 4.43. The third-order valence-corrected chi connectivity index (χ3v) is 1.10. The van der Waals surface area contributed by atoms with Crippen LogP contribution in [0.15, 0.2) is 12.3 Å². The minimum atomic E-state index is 0.726. The van der Waals surface area contributed by atoms with Crippen molar-refractivity contribution in [1.82, 2.24) is 15.5 Å². The van der Waals surface area contributed by atoms with Crippen LogP contribution in [0.25, 0.3) is 0 Å². The average Bonchev–Trinajstić information content (AvgIpc) is 2.34. The molecule has 0 fully saturated rings. The first-order valence-electron chi connectivity index (χ1n) is 2.59. The van der Waals surface area contributed by atoms with Crippen LogP contribution in [0, 0.1) is 0 Å². The van der Waals surface area contributed by atoms with Crippen molar-refractivity contribution in [1.29, 1.82) is 0 Å². The third kappa shape index (κ3) is 1.81. The lowest BCUT2D eigenvalue weighted by Crippen LogP contribution is -2.08. The van der Waals surface area contributed by atoms with Gasteiger partial charge in [0.25, 0.3) is 0 Å². The number of nitrogens with one attached hydrogen (secondary N) is 2. The Morgan fingerprint density at radius 3 is 3.33 bits per heavy atom. The predicted molar refractivity (Wildman–Crippen MR) is 39.1 cm³/mol. The summed E-state index contributed by atoms with van der Waals surface area (Å²) in [7, 11) is 0. The van der Waals surface area contributed by atoms with Gasteiger partial charge in [0.1, 0.15) is 0 Å². The molecule has 0 saturated heterocycles. The van der Waals surface area contributed by atoms with Crippen molar-refractivity contribution < 1.29 is 0 Å². The van der Waals surface area contributed by atoms with E-state index in [1.54, 1.807) is 6.20 Å². The van der Waals surface area contributed by atoms with Gasteiger partial charge in [0.05, 0.1) is 17.7 Å². The summed E-state index contributed by atoms with van der Waals surface area (Å²) in [4.78, 5) is 0. The Hall–Kier alpha value is -0.900. The van der Waals surface area contributed by atoms with E-state index in [2.05, 4.69) is 27.7 Å². The largest absolute Gasteiger partial charge is 0.377 e. The van der Waals surface area contributed by atoms with Crippen LogP contribution in [0.5, 0.6) is 0 Å². The molecule has 4 heteroatoms. The summed E-state index contributed by atoms with van der Waals surface area (Å²) in [6, 6.07) is 1.89. The molecule has 0 amide bonds. The molecule has 0 aliphatic heterocycles. The van der Waals surface area contributed by atoms with Gasteiger partial charge in [-0.25, -0.2) is 0 Å². The van der Waals surface area contributed by atoms with E-state index in [-0.39, 0.29) is 0 Å². The smallest absolute Gasteiger partial charge is 0.0618 e. The highest BCUT2D eigenvalue weighted by atomic mass is 32.1. The molecule has 0 unspecified atom stereocenters. The molecule has 0 aromatic carbocycles. The van der Waals surface area contributed by atoms with Crippen LogP contribution in [-0.2, 0) is 6.54 Å². The number of H-pyrrole nitrogens is 1. The van der Waals surface area contributed by atoms with Crippen LogP contribution in [0.1, 0.15) is 5.69 Å². The Balaban J connectivity index is 2.38. The van der Waals surface area contributed by atoms with Gasteiger partial charge < -0.3 is 5.32 Å². The van der Waals surface area contributed by atoms with Gasteiger partial charge in [-0.3, -0.25) is 5.10 Å². The second-order valence-corrected chi connectivity index (χ2v) is 1.82. The van der Waals surface area contributed by atoms with Crippen LogP contribution >= 0.6 is 12.2 Å². The van der Waals surface area contributed by atoms with Gasteiger partial charge >= 0.3 is 0 Å². The number of aromatic amines is 1. The summed E-state index contributed by atoms with van der Waals surface area (Å²) in [6.45, 7) is 0.726. The molecular formula is C5H7N3S. The highest BCUT2D eigenvalue weighted by Gasteiger charge is 1.87. The van der Waals surface area contributed by atoms with Gasteiger partial charge in [0.2, 0.25) is 0 Å². The van der Waals surface area contributed by atoms with Crippen LogP contribution < -0.4 is 5.32 Å².